The lowest BCUT2D eigenvalue weighted by molar-refractivity contribution is -0.146. The molecule has 3 aromatic carbocycles. The van der Waals surface area contributed by atoms with Crippen molar-refractivity contribution in [2.45, 2.75) is 59.6 Å². The smallest absolute Gasteiger partial charge is 0.305 e. The van der Waals surface area contributed by atoms with Gasteiger partial charge >= 0.3 is 11.9 Å². The van der Waals surface area contributed by atoms with Crippen molar-refractivity contribution in [3.8, 4) is 17.2 Å². The first-order chi connectivity index (χ1) is 34.9. The third-order valence-electron chi connectivity index (χ3n) is 10.7. The third kappa shape index (κ3) is 29.0. The first-order valence-electron chi connectivity index (χ1n) is 25.0. The van der Waals surface area contributed by atoms with Crippen molar-refractivity contribution in [3.63, 3.8) is 0 Å². The maximum Gasteiger partial charge on any atom is 0.305 e. The van der Waals surface area contributed by atoms with Crippen molar-refractivity contribution in [2.24, 2.45) is 0 Å². The van der Waals surface area contributed by atoms with Gasteiger partial charge in [0, 0.05) is 24.9 Å². The van der Waals surface area contributed by atoms with E-state index in [0.29, 0.717) is 71.2 Å². The number of ether oxygens (including phenoxy) is 12. The highest BCUT2D eigenvalue weighted by Gasteiger charge is 2.20. The molecule has 0 atom stereocenters. The summed E-state index contributed by atoms with van der Waals surface area (Å²) in [5.41, 5.74) is 5.89. The molecule has 0 unspecified atom stereocenters. The highest BCUT2D eigenvalue weighted by atomic mass is 16.6. The second-order valence-electron chi connectivity index (χ2n) is 17.4. The topological polar surface area (TPSA) is 180 Å². The van der Waals surface area contributed by atoms with Crippen LogP contribution in [0, 0.1) is 20.8 Å². The number of aryl methyl sites for hydroxylation is 2. The van der Waals surface area contributed by atoms with Gasteiger partial charge in [0.05, 0.1) is 92.5 Å². The molecule has 3 rings (SSSR count). The van der Waals surface area contributed by atoms with Gasteiger partial charge in [-0.3, -0.25) is 14.4 Å². The molecule has 18 nitrogen and oxygen atoms in total. The lowest BCUT2D eigenvalue weighted by Crippen LogP contribution is -2.23. The number of hydrogen-bond donors (Lipinski definition) is 1. The quantitative estimate of drug-likeness (QED) is 0.0533. The van der Waals surface area contributed by atoms with Crippen LogP contribution in [-0.2, 0) is 65.4 Å². The zero-order valence-electron chi connectivity index (χ0n) is 44.1. The SMILES string of the molecule is Cc1cc(CNC(=O)c2cc(OCCOCCOCCOC(=O)CCCN(C)C)c(OCCOCCOCCOCc3ccccc3)c(OCCOCCOCCOC(=O)CCCN(C)C)c2)cc(C)c1C. The van der Waals surface area contributed by atoms with E-state index in [0.717, 1.165) is 48.2 Å². The summed E-state index contributed by atoms with van der Waals surface area (Å²) in [5.74, 6) is 0.0176. The molecular formula is C54H83N3O15. The van der Waals surface area contributed by atoms with E-state index in [4.69, 9.17) is 56.8 Å². The minimum atomic E-state index is -0.332. The fraction of sp³-hybridized carbons (Fsp3) is 0.611. The van der Waals surface area contributed by atoms with Crippen LogP contribution in [-0.4, -0.2) is 188 Å². The van der Waals surface area contributed by atoms with E-state index in [9.17, 15) is 14.4 Å². The van der Waals surface area contributed by atoms with Crippen molar-refractivity contribution < 1.29 is 71.2 Å². The Balaban J connectivity index is 1.58. The van der Waals surface area contributed by atoms with Crippen molar-refractivity contribution in [3.05, 3.63) is 88.0 Å². The van der Waals surface area contributed by atoms with Crippen molar-refractivity contribution in [1.29, 1.82) is 0 Å². The van der Waals surface area contributed by atoms with Crippen molar-refractivity contribution in [2.75, 3.05) is 160 Å². The summed E-state index contributed by atoms with van der Waals surface area (Å²) >= 11 is 0. The number of carbonyl (C=O) groups is 3. The van der Waals surface area contributed by atoms with Crippen LogP contribution in [0.4, 0.5) is 0 Å². The third-order valence-corrected chi connectivity index (χ3v) is 10.7. The van der Waals surface area contributed by atoms with Gasteiger partial charge in [-0.2, -0.15) is 0 Å². The Hall–Kier alpha value is -4.89. The van der Waals surface area contributed by atoms with Gasteiger partial charge in [-0.05, 0) is 115 Å². The molecule has 0 aliphatic rings. The minimum absolute atomic E-state index is 0.120. The van der Waals surface area contributed by atoms with Crippen LogP contribution >= 0.6 is 0 Å². The molecule has 1 N–H and O–H groups in total. The van der Waals surface area contributed by atoms with E-state index in [1.807, 2.05) is 68.3 Å². The average Bonchev–Trinajstić information content (AvgIpc) is 3.35. The zero-order valence-corrected chi connectivity index (χ0v) is 44.1. The Morgan fingerprint density at radius 3 is 1.32 bits per heavy atom. The largest absolute Gasteiger partial charge is 0.487 e. The van der Waals surface area contributed by atoms with Gasteiger partial charge in [0.2, 0.25) is 5.75 Å². The summed E-state index contributed by atoms with van der Waals surface area (Å²) < 4.78 is 69.1. The number of rotatable bonds is 43. The minimum Gasteiger partial charge on any atom is -0.487 e. The van der Waals surface area contributed by atoms with Crippen LogP contribution in [0.3, 0.4) is 0 Å². The van der Waals surface area contributed by atoms with E-state index in [1.54, 1.807) is 12.1 Å². The Labute approximate surface area is 428 Å². The molecule has 0 saturated carbocycles. The summed E-state index contributed by atoms with van der Waals surface area (Å²) in [4.78, 5) is 41.7. The van der Waals surface area contributed by atoms with Crippen LogP contribution < -0.4 is 19.5 Å². The number of nitrogens with one attached hydrogen (secondary N) is 1. The maximum atomic E-state index is 13.8. The van der Waals surface area contributed by atoms with Crippen LogP contribution in [0.25, 0.3) is 0 Å². The normalized spacial score (nSPS) is 11.3. The van der Waals surface area contributed by atoms with E-state index >= 15 is 0 Å². The molecule has 0 bridgehead atoms. The second-order valence-corrected chi connectivity index (χ2v) is 17.4. The number of hydrogen-bond acceptors (Lipinski definition) is 17. The molecular weight excluding hydrogens is 931 g/mol. The van der Waals surface area contributed by atoms with Gasteiger partial charge in [-0.1, -0.05) is 42.5 Å². The van der Waals surface area contributed by atoms with E-state index in [-0.39, 0.29) is 114 Å². The number of benzene rings is 3. The molecule has 72 heavy (non-hydrogen) atoms. The van der Waals surface area contributed by atoms with Crippen molar-refractivity contribution >= 4 is 17.8 Å². The predicted octanol–water partition coefficient (Wildman–Crippen LogP) is 5.76. The number of carbonyl (C=O) groups excluding carboxylic acids is 3. The average molecular weight is 1010 g/mol. The fourth-order valence-electron chi connectivity index (χ4n) is 6.70. The molecule has 0 saturated heterocycles. The fourth-order valence-corrected chi connectivity index (χ4v) is 6.70. The standard InChI is InChI=1S/C54H83N3O15/c1-43-37-47(38-44(2)45(43)3)41-55-54(60)48-39-49(68-32-27-62-21-23-64-29-34-70-51(58)15-11-17-56(4)5)53(72-36-31-66-20-19-61-25-26-67-42-46-13-9-8-10-14-46)50(40-48)69-33-28-63-22-24-65-30-35-71-52(59)16-12-18-57(6)7/h8-10,13-14,37-40H,11-12,15-36,41-42H2,1-7H3,(H,55,60). The van der Waals surface area contributed by atoms with Gasteiger partial charge in [0.15, 0.2) is 11.5 Å². The van der Waals surface area contributed by atoms with Crippen LogP contribution in [0.2, 0.25) is 0 Å². The van der Waals surface area contributed by atoms with E-state index < -0.39 is 0 Å². The zero-order chi connectivity index (χ0) is 52.0. The number of esters is 2. The number of nitrogens with zero attached hydrogens (tertiary/aromatic N) is 2. The monoisotopic (exact) mass is 1010 g/mol. The van der Waals surface area contributed by atoms with Gasteiger partial charge in [0.25, 0.3) is 5.91 Å². The lowest BCUT2D eigenvalue weighted by Gasteiger charge is -2.19. The summed E-state index contributed by atoms with van der Waals surface area (Å²) in [5, 5.41) is 3.04. The Bertz CT molecular complexity index is 1840. The van der Waals surface area contributed by atoms with Crippen LogP contribution in [0.1, 0.15) is 63.9 Å². The van der Waals surface area contributed by atoms with Crippen LogP contribution in [0.5, 0.6) is 17.2 Å². The first kappa shape index (κ1) is 61.4. The molecule has 0 heterocycles. The molecule has 18 heteroatoms. The Morgan fingerprint density at radius 2 is 0.875 bits per heavy atom. The van der Waals surface area contributed by atoms with E-state index in [1.165, 1.54) is 5.56 Å². The molecule has 0 spiro atoms. The maximum absolute atomic E-state index is 13.8. The van der Waals surface area contributed by atoms with E-state index in [2.05, 4.69) is 38.2 Å². The summed E-state index contributed by atoms with van der Waals surface area (Å²) in [6, 6.07) is 17.4. The molecule has 0 fully saturated rings. The lowest BCUT2D eigenvalue weighted by atomic mass is 10.0. The second kappa shape index (κ2) is 38.7. The molecule has 1 amide bonds. The summed E-state index contributed by atoms with van der Waals surface area (Å²) in [6.45, 7) is 13.4. The summed E-state index contributed by atoms with van der Waals surface area (Å²) in [6.07, 6.45) is 2.20. The molecule has 0 aliphatic heterocycles. The Kier molecular flexibility index (Phi) is 33.0. The van der Waals surface area contributed by atoms with Gasteiger partial charge in [-0.15, -0.1) is 0 Å². The molecule has 3 aromatic rings. The van der Waals surface area contributed by atoms with Gasteiger partial charge in [-0.25, -0.2) is 0 Å². The van der Waals surface area contributed by atoms with Crippen molar-refractivity contribution in [1.82, 2.24) is 15.1 Å². The summed E-state index contributed by atoms with van der Waals surface area (Å²) in [7, 11) is 7.85. The van der Waals surface area contributed by atoms with Gasteiger partial charge < -0.3 is 72.0 Å². The molecule has 404 valence electrons. The molecule has 0 aliphatic carbocycles. The van der Waals surface area contributed by atoms with Crippen LogP contribution in [0.15, 0.2) is 54.6 Å². The van der Waals surface area contributed by atoms with Gasteiger partial charge in [0.1, 0.15) is 33.0 Å². The molecule has 0 aromatic heterocycles. The number of amides is 1. The predicted molar refractivity (Wildman–Crippen MR) is 273 cm³/mol. The highest BCUT2D eigenvalue weighted by molar-refractivity contribution is 5.95. The first-order valence-corrected chi connectivity index (χ1v) is 25.0. The Morgan fingerprint density at radius 1 is 0.472 bits per heavy atom. The molecule has 0 radical (unpaired) electrons. The highest BCUT2D eigenvalue weighted by Crippen LogP contribution is 2.39.